The summed E-state index contributed by atoms with van der Waals surface area (Å²) in [6.45, 7) is 5.19. The molecular formula is C16H23NO2. The number of hydrogen-bond acceptors (Lipinski definition) is 3. The molecule has 0 saturated carbocycles. The van der Waals surface area contributed by atoms with Crippen molar-refractivity contribution in [2.24, 2.45) is 11.7 Å². The summed E-state index contributed by atoms with van der Waals surface area (Å²) in [5.41, 5.74) is 7.37. The Morgan fingerprint density at radius 2 is 2.05 bits per heavy atom. The molecule has 0 amide bonds. The second-order valence-electron chi connectivity index (χ2n) is 6.24. The van der Waals surface area contributed by atoms with E-state index in [4.69, 9.17) is 15.2 Å². The molecule has 1 fully saturated rings. The predicted octanol–water partition coefficient (Wildman–Crippen LogP) is 3.04. The monoisotopic (exact) mass is 261 g/mol. The minimum absolute atomic E-state index is 0.0795. The summed E-state index contributed by atoms with van der Waals surface area (Å²) < 4.78 is 12.2. The normalized spacial score (nSPS) is 34.1. The third kappa shape index (κ3) is 2.37. The maximum atomic E-state index is 6.35. The van der Waals surface area contributed by atoms with Gasteiger partial charge in [0.1, 0.15) is 11.4 Å². The van der Waals surface area contributed by atoms with E-state index in [1.807, 2.05) is 18.2 Å². The Hall–Kier alpha value is -1.06. The largest absolute Gasteiger partial charge is 0.487 e. The van der Waals surface area contributed by atoms with Crippen molar-refractivity contribution < 1.29 is 9.47 Å². The first-order chi connectivity index (χ1) is 9.10. The van der Waals surface area contributed by atoms with Crippen LogP contribution < -0.4 is 10.5 Å². The first-order valence-electron chi connectivity index (χ1n) is 7.25. The smallest absolute Gasteiger partial charge is 0.124 e. The Kier molecular flexibility index (Phi) is 3.27. The molecular weight excluding hydrogens is 238 g/mol. The zero-order valence-electron chi connectivity index (χ0n) is 11.8. The Morgan fingerprint density at radius 1 is 1.26 bits per heavy atom. The van der Waals surface area contributed by atoms with Crippen molar-refractivity contribution in [2.45, 2.75) is 50.9 Å². The summed E-state index contributed by atoms with van der Waals surface area (Å²) in [7, 11) is 0. The van der Waals surface area contributed by atoms with Crippen molar-refractivity contribution in [3.63, 3.8) is 0 Å². The second-order valence-corrected chi connectivity index (χ2v) is 6.24. The molecule has 0 radical (unpaired) electrons. The highest BCUT2D eigenvalue weighted by molar-refractivity contribution is 5.38. The van der Waals surface area contributed by atoms with Gasteiger partial charge in [-0.3, -0.25) is 0 Å². The fourth-order valence-corrected chi connectivity index (χ4v) is 3.30. The summed E-state index contributed by atoms with van der Waals surface area (Å²) in [5.74, 6) is 1.49. The summed E-state index contributed by atoms with van der Waals surface area (Å²) in [4.78, 5) is 0. The molecule has 0 bridgehead atoms. The van der Waals surface area contributed by atoms with Gasteiger partial charge in [-0.05, 0) is 12.0 Å². The van der Waals surface area contributed by atoms with Crippen molar-refractivity contribution in [3.05, 3.63) is 29.8 Å². The van der Waals surface area contributed by atoms with E-state index in [0.717, 1.165) is 37.2 Å². The van der Waals surface area contributed by atoms with E-state index in [1.54, 1.807) is 0 Å². The van der Waals surface area contributed by atoms with Gasteiger partial charge in [-0.15, -0.1) is 0 Å². The van der Waals surface area contributed by atoms with Gasteiger partial charge in [-0.2, -0.15) is 0 Å². The van der Waals surface area contributed by atoms with Gasteiger partial charge in [0.25, 0.3) is 0 Å². The number of fused-ring (bicyclic) bond motifs is 1. The average molecular weight is 261 g/mol. The average Bonchev–Trinajstić information content (AvgIpc) is 2.38. The lowest BCUT2D eigenvalue weighted by atomic mass is 9.78. The molecule has 2 aliphatic rings. The molecule has 2 unspecified atom stereocenters. The van der Waals surface area contributed by atoms with Gasteiger partial charge in [0, 0.05) is 30.9 Å². The summed E-state index contributed by atoms with van der Waals surface area (Å²) in [5, 5.41) is 0. The molecule has 104 valence electrons. The van der Waals surface area contributed by atoms with Crippen molar-refractivity contribution in [1.29, 1.82) is 0 Å². The maximum Gasteiger partial charge on any atom is 0.124 e. The van der Waals surface area contributed by atoms with Crippen LogP contribution >= 0.6 is 0 Å². The van der Waals surface area contributed by atoms with E-state index in [-0.39, 0.29) is 17.7 Å². The van der Waals surface area contributed by atoms with Gasteiger partial charge < -0.3 is 15.2 Å². The molecule has 19 heavy (non-hydrogen) atoms. The molecule has 3 atom stereocenters. The fraction of sp³-hybridized carbons (Fsp3) is 0.625. The van der Waals surface area contributed by atoms with Crippen molar-refractivity contribution in [3.8, 4) is 5.75 Å². The first-order valence-corrected chi connectivity index (χ1v) is 7.25. The number of benzene rings is 1. The van der Waals surface area contributed by atoms with E-state index in [0.29, 0.717) is 5.92 Å². The topological polar surface area (TPSA) is 44.5 Å². The highest BCUT2D eigenvalue weighted by atomic mass is 16.5. The van der Waals surface area contributed by atoms with Crippen LogP contribution in [0.1, 0.15) is 44.7 Å². The number of ether oxygens (including phenoxy) is 2. The molecule has 3 heteroatoms. The van der Waals surface area contributed by atoms with Gasteiger partial charge in [0.2, 0.25) is 0 Å². The van der Waals surface area contributed by atoms with Crippen LogP contribution in [-0.2, 0) is 4.74 Å². The molecule has 1 spiro atoms. The molecule has 2 N–H and O–H groups in total. The molecule has 1 aromatic carbocycles. The van der Waals surface area contributed by atoms with Crippen LogP contribution in [-0.4, -0.2) is 18.3 Å². The first kappa shape index (κ1) is 12.9. The predicted molar refractivity (Wildman–Crippen MR) is 75.2 cm³/mol. The van der Waals surface area contributed by atoms with Crippen molar-refractivity contribution in [2.75, 3.05) is 6.61 Å². The number of hydrogen-bond donors (Lipinski definition) is 1. The molecule has 0 aliphatic carbocycles. The Morgan fingerprint density at radius 3 is 2.84 bits per heavy atom. The quantitative estimate of drug-likeness (QED) is 0.845. The molecule has 2 heterocycles. The van der Waals surface area contributed by atoms with Gasteiger partial charge in [-0.25, -0.2) is 0 Å². The number of nitrogens with two attached hydrogens (primary N) is 1. The minimum Gasteiger partial charge on any atom is -0.487 e. The third-order valence-electron chi connectivity index (χ3n) is 4.44. The lowest BCUT2D eigenvalue weighted by Crippen LogP contribution is -2.50. The summed E-state index contributed by atoms with van der Waals surface area (Å²) in [6, 6.07) is 8.24. The van der Waals surface area contributed by atoms with Gasteiger partial charge in [0.05, 0.1) is 12.7 Å². The third-order valence-corrected chi connectivity index (χ3v) is 4.44. The van der Waals surface area contributed by atoms with E-state index in [9.17, 15) is 0 Å². The lowest BCUT2D eigenvalue weighted by Gasteiger charge is -2.46. The van der Waals surface area contributed by atoms with E-state index < -0.39 is 0 Å². The Labute approximate surface area is 115 Å². The number of para-hydroxylation sites is 1. The molecule has 0 aromatic heterocycles. The van der Waals surface area contributed by atoms with E-state index in [2.05, 4.69) is 19.9 Å². The molecule has 3 rings (SSSR count). The highest BCUT2D eigenvalue weighted by Crippen LogP contribution is 2.44. The van der Waals surface area contributed by atoms with E-state index in [1.165, 1.54) is 0 Å². The summed E-state index contributed by atoms with van der Waals surface area (Å²) in [6.07, 6.45) is 3.08. The van der Waals surface area contributed by atoms with Crippen LogP contribution in [0.5, 0.6) is 5.75 Å². The molecule has 3 nitrogen and oxygen atoms in total. The van der Waals surface area contributed by atoms with Gasteiger partial charge >= 0.3 is 0 Å². The minimum atomic E-state index is -0.124. The number of rotatable bonds is 1. The molecule has 1 aromatic rings. The van der Waals surface area contributed by atoms with Gasteiger partial charge in [-0.1, -0.05) is 32.0 Å². The Balaban J connectivity index is 1.87. The fourth-order valence-electron chi connectivity index (χ4n) is 3.30. The standard InChI is InChI=1S/C16H23NO2/c1-11(2)15-10-16(7-8-18-15)9-13(17)12-5-3-4-6-14(12)19-16/h3-6,11,13,15H,7-10,17H2,1-2H3/t13-,15?,16?/m1/s1. The summed E-state index contributed by atoms with van der Waals surface area (Å²) >= 11 is 0. The second kappa shape index (κ2) is 4.80. The van der Waals surface area contributed by atoms with Crippen LogP contribution in [0, 0.1) is 5.92 Å². The van der Waals surface area contributed by atoms with Crippen LogP contribution in [0.15, 0.2) is 24.3 Å². The highest BCUT2D eigenvalue weighted by Gasteiger charge is 2.44. The van der Waals surface area contributed by atoms with Crippen molar-refractivity contribution >= 4 is 0 Å². The zero-order chi connectivity index (χ0) is 13.5. The maximum absolute atomic E-state index is 6.35. The van der Waals surface area contributed by atoms with Crippen molar-refractivity contribution in [1.82, 2.24) is 0 Å². The molecule has 2 aliphatic heterocycles. The van der Waals surface area contributed by atoms with Crippen LogP contribution in [0.4, 0.5) is 0 Å². The van der Waals surface area contributed by atoms with Crippen LogP contribution in [0.25, 0.3) is 0 Å². The zero-order valence-corrected chi connectivity index (χ0v) is 11.8. The molecule has 1 saturated heterocycles. The Bertz CT molecular complexity index is 460. The SMILES string of the molecule is CC(C)C1CC2(CCO1)C[C@@H](N)c1ccccc1O2. The van der Waals surface area contributed by atoms with Crippen LogP contribution in [0.3, 0.4) is 0 Å². The van der Waals surface area contributed by atoms with Gasteiger partial charge in [0.15, 0.2) is 0 Å². The van der Waals surface area contributed by atoms with E-state index >= 15 is 0 Å². The lowest BCUT2D eigenvalue weighted by molar-refractivity contribution is -0.115. The van der Waals surface area contributed by atoms with Crippen LogP contribution in [0.2, 0.25) is 0 Å².